The van der Waals surface area contributed by atoms with E-state index in [-0.39, 0.29) is 5.91 Å². The molecule has 0 bridgehead atoms. The van der Waals surface area contributed by atoms with Crippen molar-refractivity contribution in [3.63, 3.8) is 0 Å². The van der Waals surface area contributed by atoms with Gasteiger partial charge < -0.3 is 5.73 Å². The molecular weight excluding hydrogens is 336 g/mol. The van der Waals surface area contributed by atoms with Crippen LogP contribution in [-0.4, -0.2) is 23.8 Å². The third-order valence-corrected chi connectivity index (χ3v) is 4.06. The Labute approximate surface area is 164 Å². The van der Waals surface area contributed by atoms with Crippen LogP contribution in [-0.2, 0) is 4.79 Å². The minimum Gasteiger partial charge on any atom is -0.399 e. The summed E-state index contributed by atoms with van der Waals surface area (Å²) in [5.74, 6) is -0.267. The lowest BCUT2D eigenvalue weighted by Crippen LogP contribution is -2.31. The molecule has 0 saturated carbocycles. The van der Waals surface area contributed by atoms with E-state index >= 15 is 0 Å². The van der Waals surface area contributed by atoms with Gasteiger partial charge in [-0.25, -0.2) is 0 Å². The number of benzene rings is 1. The largest absolute Gasteiger partial charge is 0.399 e. The molecule has 0 fully saturated rings. The molecule has 0 radical (unpaired) electrons. The Morgan fingerprint density at radius 2 is 1.74 bits per heavy atom. The summed E-state index contributed by atoms with van der Waals surface area (Å²) >= 11 is 0. The van der Waals surface area contributed by atoms with Crippen LogP contribution in [0.4, 0.5) is 0 Å². The van der Waals surface area contributed by atoms with Crippen LogP contribution >= 0.6 is 0 Å². The highest BCUT2D eigenvalue weighted by molar-refractivity contribution is 6.00. The lowest BCUT2D eigenvalue weighted by molar-refractivity contribution is -0.115. The number of carbonyl (C=O) groups excluding carboxylic acids is 2. The maximum Gasteiger partial charge on any atom is 0.260 e. The number of nitrogens with two attached hydrogens (primary N) is 1. The molecule has 4 heteroatoms. The van der Waals surface area contributed by atoms with Crippen LogP contribution in [0.1, 0.15) is 63.9 Å². The molecule has 2 amide bonds. The number of amides is 2. The zero-order valence-electron chi connectivity index (χ0n) is 17.8. The van der Waals surface area contributed by atoms with E-state index < -0.39 is 0 Å². The van der Waals surface area contributed by atoms with Gasteiger partial charge in [0.2, 0.25) is 6.41 Å². The maximum absolute atomic E-state index is 12.5. The summed E-state index contributed by atoms with van der Waals surface area (Å²) in [5, 5.41) is 0. The Hall–Kier alpha value is -2.62. The van der Waals surface area contributed by atoms with E-state index in [2.05, 4.69) is 0 Å². The Kier molecular flexibility index (Phi) is 11.5. The predicted octanol–water partition coefficient (Wildman–Crippen LogP) is 5.16. The number of hydrogen-bond donors (Lipinski definition) is 1. The van der Waals surface area contributed by atoms with Crippen LogP contribution in [0, 0.1) is 6.92 Å². The summed E-state index contributed by atoms with van der Waals surface area (Å²) in [5.41, 5.74) is 11.3. The molecule has 1 aromatic rings. The third kappa shape index (κ3) is 7.65. The highest BCUT2D eigenvalue weighted by Crippen LogP contribution is 2.17. The second kappa shape index (κ2) is 12.7. The van der Waals surface area contributed by atoms with Crippen molar-refractivity contribution in [2.45, 2.75) is 54.9 Å². The smallest absolute Gasteiger partial charge is 0.260 e. The molecule has 0 aliphatic heterocycles. The van der Waals surface area contributed by atoms with E-state index in [0.29, 0.717) is 24.9 Å². The van der Waals surface area contributed by atoms with E-state index in [1.54, 1.807) is 12.1 Å². The van der Waals surface area contributed by atoms with Crippen LogP contribution in [0.2, 0.25) is 0 Å². The highest BCUT2D eigenvalue weighted by atomic mass is 16.2. The fourth-order valence-corrected chi connectivity index (χ4v) is 2.46. The Bertz CT molecular complexity index is 724. The average molecular weight is 371 g/mol. The Morgan fingerprint density at radius 3 is 2.22 bits per heavy atom. The van der Waals surface area contributed by atoms with Crippen molar-refractivity contribution in [1.29, 1.82) is 0 Å². The fraction of sp³-hybridized carbons (Fsp3) is 0.391. The van der Waals surface area contributed by atoms with Gasteiger partial charge in [-0.2, -0.15) is 0 Å². The van der Waals surface area contributed by atoms with E-state index in [0.717, 1.165) is 28.0 Å². The normalized spacial score (nSPS) is 11.2. The SMILES string of the molecule is C/C=C(/N)C(/C=C(\C)CCN(C=O)C(=O)c1ccccc1C)=C(C)C.CC. The summed E-state index contributed by atoms with van der Waals surface area (Å²) < 4.78 is 0. The fourth-order valence-electron chi connectivity index (χ4n) is 2.46. The first-order chi connectivity index (χ1) is 12.8. The summed E-state index contributed by atoms with van der Waals surface area (Å²) in [6.45, 7) is 14.1. The molecule has 148 valence electrons. The number of allylic oxidation sites excluding steroid dienone is 3. The molecule has 0 atom stereocenters. The Morgan fingerprint density at radius 1 is 1.15 bits per heavy atom. The van der Waals surface area contributed by atoms with Crippen LogP contribution < -0.4 is 5.73 Å². The van der Waals surface area contributed by atoms with Crippen LogP contribution in [0.3, 0.4) is 0 Å². The lowest BCUT2D eigenvalue weighted by atomic mass is 10.0. The van der Waals surface area contributed by atoms with Gasteiger partial charge in [0, 0.05) is 17.8 Å². The third-order valence-electron chi connectivity index (χ3n) is 4.06. The molecule has 2 N–H and O–H groups in total. The molecule has 1 rings (SSSR count). The molecule has 0 aliphatic carbocycles. The molecular formula is C23H34N2O2. The first-order valence-corrected chi connectivity index (χ1v) is 9.40. The van der Waals surface area contributed by atoms with Gasteiger partial charge >= 0.3 is 0 Å². The summed E-state index contributed by atoms with van der Waals surface area (Å²) in [6.07, 6.45) is 5.09. The number of imide groups is 1. The zero-order chi connectivity index (χ0) is 21.0. The molecule has 0 aromatic heterocycles. The number of aryl methyl sites for hydroxylation is 1. The van der Waals surface area contributed by atoms with Crippen LogP contribution in [0.5, 0.6) is 0 Å². The molecule has 0 aliphatic rings. The van der Waals surface area contributed by atoms with E-state index in [9.17, 15) is 9.59 Å². The molecule has 27 heavy (non-hydrogen) atoms. The second-order valence-corrected chi connectivity index (χ2v) is 6.32. The van der Waals surface area contributed by atoms with Gasteiger partial charge in [-0.05, 0) is 58.2 Å². The van der Waals surface area contributed by atoms with E-state index in [4.69, 9.17) is 5.73 Å². The first-order valence-electron chi connectivity index (χ1n) is 9.40. The van der Waals surface area contributed by atoms with Crippen LogP contribution in [0.15, 0.2) is 58.8 Å². The summed E-state index contributed by atoms with van der Waals surface area (Å²) in [6, 6.07) is 7.28. The molecule has 0 unspecified atom stereocenters. The van der Waals surface area contributed by atoms with Crippen molar-refractivity contribution in [2.24, 2.45) is 5.73 Å². The molecule has 4 nitrogen and oxygen atoms in total. The number of nitrogens with zero attached hydrogens (tertiary/aromatic N) is 1. The zero-order valence-corrected chi connectivity index (χ0v) is 17.8. The second-order valence-electron chi connectivity index (χ2n) is 6.32. The lowest BCUT2D eigenvalue weighted by Gasteiger charge is -2.17. The van der Waals surface area contributed by atoms with Gasteiger partial charge in [0.25, 0.3) is 5.91 Å². The predicted molar refractivity (Wildman–Crippen MR) is 114 cm³/mol. The highest BCUT2D eigenvalue weighted by Gasteiger charge is 2.16. The van der Waals surface area contributed by atoms with E-state index in [1.165, 1.54) is 4.90 Å². The maximum atomic E-state index is 12.5. The molecule has 1 aromatic carbocycles. The van der Waals surface area contributed by atoms with Crippen LogP contribution in [0.25, 0.3) is 0 Å². The van der Waals surface area contributed by atoms with Gasteiger partial charge in [0.1, 0.15) is 0 Å². The standard InChI is InChI=1S/C21H28N2O2.C2H6/c1-6-20(22)19(15(2)3)13-16(4)11-12-23(14-24)21(25)18-10-8-7-9-17(18)5;1-2/h6-10,13-14H,11-12,22H2,1-5H3;1-2H3/b16-13+,20-6+;. The van der Waals surface area contributed by atoms with Crippen molar-refractivity contribution in [2.75, 3.05) is 6.54 Å². The van der Waals surface area contributed by atoms with Crippen molar-refractivity contribution >= 4 is 12.3 Å². The topological polar surface area (TPSA) is 63.4 Å². The van der Waals surface area contributed by atoms with Crippen molar-refractivity contribution < 1.29 is 9.59 Å². The van der Waals surface area contributed by atoms with Crippen molar-refractivity contribution in [1.82, 2.24) is 4.90 Å². The van der Waals surface area contributed by atoms with E-state index in [1.807, 2.05) is 72.8 Å². The Balaban J connectivity index is 0.00000326. The molecule has 0 heterocycles. The first kappa shape index (κ1) is 24.4. The van der Waals surface area contributed by atoms with Crippen molar-refractivity contribution in [3.8, 4) is 0 Å². The summed E-state index contributed by atoms with van der Waals surface area (Å²) in [7, 11) is 0. The minimum absolute atomic E-state index is 0.267. The molecule has 0 spiro atoms. The van der Waals surface area contributed by atoms with Gasteiger partial charge in [0.05, 0.1) is 0 Å². The monoisotopic (exact) mass is 370 g/mol. The quantitative estimate of drug-likeness (QED) is 0.533. The minimum atomic E-state index is -0.267. The summed E-state index contributed by atoms with van der Waals surface area (Å²) in [4.78, 5) is 25.1. The number of carbonyl (C=O) groups is 2. The molecule has 0 saturated heterocycles. The van der Waals surface area contributed by atoms with Gasteiger partial charge in [-0.1, -0.05) is 55.3 Å². The van der Waals surface area contributed by atoms with Gasteiger partial charge in [0.15, 0.2) is 0 Å². The van der Waals surface area contributed by atoms with Gasteiger partial charge in [-0.15, -0.1) is 0 Å². The average Bonchev–Trinajstić information content (AvgIpc) is 2.67. The number of hydrogen-bond acceptors (Lipinski definition) is 3. The van der Waals surface area contributed by atoms with Gasteiger partial charge in [-0.3, -0.25) is 14.5 Å². The van der Waals surface area contributed by atoms with Crippen molar-refractivity contribution in [3.05, 3.63) is 70.0 Å². The number of rotatable bonds is 7.